The van der Waals surface area contributed by atoms with E-state index >= 15 is 0 Å². The number of carbonyl (C=O) groups is 1. The molecule has 0 saturated carbocycles. The van der Waals surface area contributed by atoms with Gasteiger partial charge in [-0.25, -0.2) is 9.10 Å². The molecule has 6 nitrogen and oxygen atoms in total. The standard InChI is InChI=1S/C21H17Cl2N3O3S/c1-28-18-8-7-13(9-19(18)29-2)26-21(27)25(17-5-3-4-6-20(17)30-26)12-14-15(22)10-24-11-16(14)23/h3-11H,12H2,1-2H3. The van der Waals surface area contributed by atoms with Crippen LogP contribution in [0.1, 0.15) is 5.56 Å². The number of ether oxygens (including phenoxy) is 2. The van der Waals surface area contributed by atoms with Crippen LogP contribution < -0.4 is 18.7 Å². The Morgan fingerprint density at radius 1 is 1.00 bits per heavy atom. The molecule has 2 amide bonds. The third kappa shape index (κ3) is 3.76. The van der Waals surface area contributed by atoms with Gasteiger partial charge in [-0.3, -0.25) is 9.88 Å². The fraction of sp³-hybridized carbons (Fsp3) is 0.143. The summed E-state index contributed by atoms with van der Waals surface area (Å²) in [5, 5.41) is 0.812. The van der Waals surface area contributed by atoms with Crippen LogP contribution in [0.4, 0.5) is 16.2 Å². The normalized spacial score (nSPS) is 13.3. The Morgan fingerprint density at radius 2 is 1.70 bits per heavy atom. The van der Waals surface area contributed by atoms with Crippen molar-refractivity contribution >= 4 is 52.6 Å². The second kappa shape index (κ2) is 8.63. The van der Waals surface area contributed by atoms with Crippen molar-refractivity contribution in [2.24, 2.45) is 0 Å². The molecule has 0 N–H and O–H groups in total. The van der Waals surface area contributed by atoms with E-state index in [0.29, 0.717) is 32.8 Å². The summed E-state index contributed by atoms with van der Waals surface area (Å²) in [6.45, 7) is 0.209. The summed E-state index contributed by atoms with van der Waals surface area (Å²) in [5.41, 5.74) is 2.08. The molecule has 1 aromatic heterocycles. The van der Waals surface area contributed by atoms with Crippen LogP contribution >= 0.6 is 35.1 Å². The van der Waals surface area contributed by atoms with Crippen LogP contribution in [-0.4, -0.2) is 25.2 Å². The van der Waals surface area contributed by atoms with E-state index in [4.69, 9.17) is 32.7 Å². The zero-order chi connectivity index (χ0) is 21.3. The van der Waals surface area contributed by atoms with Crippen LogP contribution in [0.25, 0.3) is 0 Å². The minimum Gasteiger partial charge on any atom is -0.493 e. The monoisotopic (exact) mass is 461 g/mol. The summed E-state index contributed by atoms with van der Waals surface area (Å²) in [6.07, 6.45) is 3.04. The number of urea groups is 1. The topological polar surface area (TPSA) is 54.9 Å². The number of nitrogens with zero attached hydrogens (tertiary/aromatic N) is 3. The number of hydrogen-bond acceptors (Lipinski definition) is 5. The van der Waals surface area contributed by atoms with E-state index in [1.54, 1.807) is 35.6 Å². The number of para-hydroxylation sites is 1. The lowest BCUT2D eigenvalue weighted by molar-refractivity contribution is 0.254. The number of rotatable bonds is 5. The molecule has 0 atom stereocenters. The first-order valence-electron chi connectivity index (χ1n) is 8.92. The number of pyridine rings is 1. The van der Waals surface area contributed by atoms with Crippen molar-refractivity contribution in [3.05, 3.63) is 70.5 Å². The van der Waals surface area contributed by atoms with E-state index in [0.717, 1.165) is 10.6 Å². The van der Waals surface area contributed by atoms with E-state index in [1.165, 1.54) is 24.3 Å². The molecule has 30 heavy (non-hydrogen) atoms. The molecule has 0 radical (unpaired) electrons. The predicted molar refractivity (Wildman–Crippen MR) is 120 cm³/mol. The summed E-state index contributed by atoms with van der Waals surface area (Å²) < 4.78 is 12.3. The Labute approximate surface area is 188 Å². The largest absolute Gasteiger partial charge is 0.493 e. The van der Waals surface area contributed by atoms with Gasteiger partial charge in [0.2, 0.25) is 0 Å². The molecule has 0 fully saturated rings. The maximum Gasteiger partial charge on any atom is 0.339 e. The molecule has 154 valence electrons. The lowest BCUT2D eigenvalue weighted by atomic mass is 10.2. The summed E-state index contributed by atoms with van der Waals surface area (Å²) in [5.74, 6) is 1.12. The number of hydrogen-bond donors (Lipinski definition) is 0. The molecule has 3 aromatic rings. The summed E-state index contributed by atoms with van der Waals surface area (Å²) in [7, 11) is 3.13. The van der Waals surface area contributed by atoms with Crippen LogP contribution in [0.3, 0.4) is 0 Å². The average molecular weight is 462 g/mol. The smallest absolute Gasteiger partial charge is 0.339 e. The van der Waals surface area contributed by atoms with Crippen LogP contribution in [0.2, 0.25) is 10.0 Å². The first-order chi connectivity index (χ1) is 14.5. The summed E-state index contributed by atoms with van der Waals surface area (Å²) >= 11 is 14.0. The van der Waals surface area contributed by atoms with Crippen LogP contribution in [0.5, 0.6) is 11.5 Å². The fourth-order valence-corrected chi connectivity index (χ4v) is 4.61. The van der Waals surface area contributed by atoms with E-state index < -0.39 is 0 Å². The van der Waals surface area contributed by atoms with E-state index in [9.17, 15) is 4.79 Å². The molecular formula is C21H17Cl2N3O3S. The van der Waals surface area contributed by atoms with Crippen molar-refractivity contribution in [2.45, 2.75) is 11.4 Å². The van der Waals surface area contributed by atoms with E-state index in [-0.39, 0.29) is 12.6 Å². The van der Waals surface area contributed by atoms with Crippen LogP contribution in [0.15, 0.2) is 59.8 Å². The molecule has 0 spiro atoms. The third-order valence-electron chi connectivity index (χ3n) is 4.62. The summed E-state index contributed by atoms with van der Waals surface area (Å²) in [4.78, 5) is 20.1. The van der Waals surface area contributed by atoms with Gasteiger partial charge in [0, 0.05) is 24.0 Å². The maximum absolute atomic E-state index is 13.5. The maximum atomic E-state index is 13.5. The molecular weight excluding hydrogens is 445 g/mol. The van der Waals surface area contributed by atoms with Gasteiger partial charge in [-0.15, -0.1) is 0 Å². The zero-order valence-corrected chi connectivity index (χ0v) is 18.5. The number of methoxy groups -OCH3 is 2. The second-order valence-electron chi connectivity index (χ2n) is 6.34. The van der Waals surface area contributed by atoms with Gasteiger partial charge in [0.05, 0.1) is 47.1 Å². The van der Waals surface area contributed by atoms with Gasteiger partial charge in [-0.1, -0.05) is 35.3 Å². The quantitative estimate of drug-likeness (QED) is 0.432. The number of amides is 2. The molecule has 2 heterocycles. The van der Waals surface area contributed by atoms with Crippen molar-refractivity contribution < 1.29 is 14.3 Å². The van der Waals surface area contributed by atoms with E-state index in [1.807, 2.05) is 30.3 Å². The number of aromatic nitrogens is 1. The lowest BCUT2D eigenvalue weighted by Gasteiger charge is -2.36. The predicted octanol–water partition coefficient (Wildman–Crippen LogP) is 6.06. The Balaban J connectivity index is 1.77. The highest BCUT2D eigenvalue weighted by molar-refractivity contribution is 8.01. The zero-order valence-electron chi connectivity index (χ0n) is 16.1. The Morgan fingerprint density at radius 3 is 2.40 bits per heavy atom. The van der Waals surface area contributed by atoms with Gasteiger partial charge >= 0.3 is 6.03 Å². The summed E-state index contributed by atoms with van der Waals surface area (Å²) in [6, 6.07) is 12.8. The molecule has 0 unspecified atom stereocenters. The van der Waals surface area contributed by atoms with Gasteiger partial charge in [0.1, 0.15) is 0 Å². The highest BCUT2D eigenvalue weighted by Crippen LogP contribution is 2.44. The molecule has 9 heteroatoms. The molecule has 1 aliphatic rings. The molecule has 1 aliphatic heterocycles. The van der Waals surface area contributed by atoms with Gasteiger partial charge in [0.15, 0.2) is 11.5 Å². The highest BCUT2D eigenvalue weighted by Gasteiger charge is 2.33. The van der Waals surface area contributed by atoms with Crippen molar-refractivity contribution in [2.75, 3.05) is 23.4 Å². The number of carbonyl (C=O) groups excluding carboxylic acids is 1. The number of anilines is 2. The van der Waals surface area contributed by atoms with Crippen molar-refractivity contribution in [3.8, 4) is 11.5 Å². The Bertz CT molecular complexity index is 1090. The van der Waals surface area contributed by atoms with Crippen LogP contribution in [0, 0.1) is 0 Å². The highest BCUT2D eigenvalue weighted by atomic mass is 35.5. The minimum absolute atomic E-state index is 0.209. The van der Waals surface area contributed by atoms with Gasteiger partial charge in [-0.2, -0.15) is 0 Å². The first-order valence-corrected chi connectivity index (χ1v) is 10.4. The number of halogens is 2. The lowest BCUT2D eigenvalue weighted by Crippen LogP contribution is -2.43. The average Bonchev–Trinajstić information content (AvgIpc) is 2.77. The van der Waals surface area contributed by atoms with Gasteiger partial charge < -0.3 is 9.47 Å². The Hall–Kier alpha value is -2.61. The molecule has 0 aliphatic carbocycles. The van der Waals surface area contributed by atoms with Gasteiger partial charge in [-0.05, 0) is 36.2 Å². The van der Waals surface area contributed by atoms with E-state index in [2.05, 4.69) is 4.98 Å². The SMILES string of the molecule is COc1ccc(N2Sc3ccccc3N(Cc3c(Cl)cncc3Cl)C2=O)cc1OC. The third-order valence-corrected chi connectivity index (χ3v) is 6.36. The van der Waals surface area contributed by atoms with Crippen molar-refractivity contribution in [1.29, 1.82) is 0 Å². The first kappa shape index (κ1) is 20.7. The van der Waals surface area contributed by atoms with Crippen molar-refractivity contribution in [3.63, 3.8) is 0 Å². The number of benzene rings is 2. The molecule has 2 aromatic carbocycles. The van der Waals surface area contributed by atoms with Gasteiger partial charge in [0.25, 0.3) is 0 Å². The van der Waals surface area contributed by atoms with Crippen molar-refractivity contribution in [1.82, 2.24) is 4.98 Å². The number of fused-ring (bicyclic) bond motifs is 1. The Kier molecular flexibility index (Phi) is 5.94. The second-order valence-corrected chi connectivity index (χ2v) is 8.15. The fourth-order valence-electron chi connectivity index (χ4n) is 3.12. The minimum atomic E-state index is -0.227. The molecule has 0 bridgehead atoms. The molecule has 4 rings (SSSR count). The molecule has 0 saturated heterocycles. The van der Waals surface area contributed by atoms with Crippen LogP contribution in [-0.2, 0) is 6.54 Å².